The maximum Gasteiger partial charge on any atom is 0.251 e. The predicted molar refractivity (Wildman–Crippen MR) is 192 cm³/mol. The molecule has 0 radical (unpaired) electrons. The van der Waals surface area contributed by atoms with E-state index in [9.17, 15) is 18.4 Å². The molecule has 2 aliphatic rings. The van der Waals surface area contributed by atoms with Crippen molar-refractivity contribution in [1.82, 2.24) is 20.6 Å². The number of fused-ring (bicyclic) bond motifs is 3. The molecule has 1 aliphatic carbocycles. The lowest BCUT2D eigenvalue weighted by molar-refractivity contribution is -0.108. The van der Waals surface area contributed by atoms with Crippen molar-refractivity contribution >= 4 is 41.1 Å². The van der Waals surface area contributed by atoms with Gasteiger partial charge in [0, 0.05) is 64.2 Å². The second-order valence-corrected chi connectivity index (χ2v) is 12.8. The van der Waals surface area contributed by atoms with Gasteiger partial charge in [0.05, 0.1) is 49.9 Å². The predicted octanol–water partition coefficient (Wildman–Crippen LogP) is 6.42. The van der Waals surface area contributed by atoms with E-state index in [1.54, 1.807) is 48.7 Å². The Balaban J connectivity index is 1.02. The monoisotopic (exact) mass is 716 g/mol. The Bertz CT molecular complexity index is 1850. The summed E-state index contributed by atoms with van der Waals surface area (Å²) in [7, 11) is 0. The van der Waals surface area contributed by atoms with Gasteiger partial charge in [0.2, 0.25) is 5.95 Å². The van der Waals surface area contributed by atoms with E-state index in [0.29, 0.717) is 83.5 Å². The van der Waals surface area contributed by atoms with Crippen LogP contribution >= 0.6 is 11.6 Å². The first kappa shape index (κ1) is 36.2. The lowest BCUT2D eigenvalue weighted by Gasteiger charge is -2.29. The van der Waals surface area contributed by atoms with Crippen molar-refractivity contribution in [2.45, 2.75) is 50.7 Å². The van der Waals surface area contributed by atoms with Crippen LogP contribution in [0.3, 0.4) is 0 Å². The highest BCUT2D eigenvalue weighted by molar-refractivity contribution is 6.31. The number of nitrogens with one attached hydrogen (secondary N) is 3. The first-order valence-electron chi connectivity index (χ1n) is 17.0. The smallest absolute Gasteiger partial charge is 0.251 e. The van der Waals surface area contributed by atoms with Gasteiger partial charge in [-0.1, -0.05) is 23.7 Å². The Hall–Kier alpha value is -4.62. The molecule has 1 aliphatic heterocycles. The summed E-state index contributed by atoms with van der Waals surface area (Å²) in [4.78, 5) is 37.1. The van der Waals surface area contributed by atoms with Gasteiger partial charge in [-0.3, -0.25) is 9.79 Å². The fourth-order valence-electron chi connectivity index (χ4n) is 6.26. The number of carbonyl (C=O) groups is 2. The molecule has 1 amide bonds. The normalized spacial score (nSPS) is 16.7. The molecule has 0 saturated heterocycles. The maximum absolute atomic E-state index is 14.9. The van der Waals surface area contributed by atoms with Gasteiger partial charge in [0.15, 0.2) is 0 Å². The lowest BCUT2D eigenvalue weighted by atomic mass is 9.91. The lowest BCUT2D eigenvalue weighted by Crippen LogP contribution is -2.42. The molecule has 51 heavy (non-hydrogen) atoms. The van der Waals surface area contributed by atoms with Crippen LogP contribution in [0.1, 0.15) is 59.2 Å². The van der Waals surface area contributed by atoms with Crippen LogP contribution in [0.5, 0.6) is 0 Å². The summed E-state index contributed by atoms with van der Waals surface area (Å²) in [5.74, 6) is -1.26. The molecule has 6 rings (SSSR count). The molecule has 4 aromatic rings. The highest BCUT2D eigenvalue weighted by Crippen LogP contribution is 2.35. The summed E-state index contributed by atoms with van der Waals surface area (Å²) < 4.78 is 40.6. The number of benzene rings is 3. The second kappa shape index (κ2) is 17.5. The molecule has 10 nitrogen and oxygen atoms in total. The van der Waals surface area contributed by atoms with Gasteiger partial charge in [-0.25, -0.2) is 18.7 Å². The number of amides is 1. The number of halogens is 3. The van der Waals surface area contributed by atoms with Crippen molar-refractivity contribution in [2.24, 2.45) is 4.99 Å². The third-order valence-corrected chi connectivity index (χ3v) is 9.10. The Kier molecular flexibility index (Phi) is 12.4. The number of aldehydes is 1. The number of ether oxygens (including phenoxy) is 2. The van der Waals surface area contributed by atoms with E-state index in [4.69, 9.17) is 26.1 Å². The average Bonchev–Trinajstić information content (AvgIpc) is 3.28. The quantitative estimate of drug-likeness (QED) is 0.0951. The van der Waals surface area contributed by atoms with Crippen molar-refractivity contribution in [3.05, 3.63) is 106 Å². The Labute approximate surface area is 300 Å². The second-order valence-electron chi connectivity index (χ2n) is 12.4. The molecular weight excluding hydrogens is 678 g/mol. The Morgan fingerprint density at radius 1 is 0.902 bits per heavy atom. The van der Waals surface area contributed by atoms with E-state index >= 15 is 0 Å². The highest BCUT2D eigenvalue weighted by Gasteiger charge is 2.26. The number of rotatable bonds is 15. The zero-order valence-electron chi connectivity index (χ0n) is 28.0. The molecule has 1 fully saturated rings. The zero-order chi connectivity index (χ0) is 35.6. The van der Waals surface area contributed by atoms with Gasteiger partial charge in [0.1, 0.15) is 17.9 Å². The highest BCUT2D eigenvalue weighted by atomic mass is 35.5. The molecule has 2 heterocycles. The average molecular weight is 717 g/mol. The molecule has 1 aromatic heterocycles. The summed E-state index contributed by atoms with van der Waals surface area (Å²) in [6, 6.07) is 16.4. The summed E-state index contributed by atoms with van der Waals surface area (Å²) in [5.41, 5.74) is 3.50. The van der Waals surface area contributed by atoms with E-state index in [0.717, 1.165) is 38.5 Å². The first-order valence-corrected chi connectivity index (χ1v) is 17.4. The van der Waals surface area contributed by atoms with Crippen LogP contribution in [-0.2, 0) is 20.8 Å². The third-order valence-electron chi connectivity index (χ3n) is 8.86. The number of aromatic nitrogens is 2. The maximum atomic E-state index is 14.9. The van der Waals surface area contributed by atoms with Crippen molar-refractivity contribution < 1.29 is 27.8 Å². The van der Waals surface area contributed by atoms with Crippen molar-refractivity contribution in [1.29, 1.82) is 0 Å². The molecule has 3 N–H and O–H groups in total. The minimum Gasteiger partial charge on any atom is -0.379 e. The van der Waals surface area contributed by atoms with E-state index < -0.39 is 11.6 Å². The van der Waals surface area contributed by atoms with Gasteiger partial charge in [-0.05, 0) is 74.2 Å². The van der Waals surface area contributed by atoms with Crippen molar-refractivity contribution in [3.8, 4) is 11.3 Å². The van der Waals surface area contributed by atoms with E-state index in [1.165, 1.54) is 18.2 Å². The number of anilines is 2. The summed E-state index contributed by atoms with van der Waals surface area (Å²) in [5, 5.41) is 10.3. The minimum absolute atomic E-state index is 0.109. The fourth-order valence-corrected chi connectivity index (χ4v) is 6.43. The summed E-state index contributed by atoms with van der Waals surface area (Å²) in [6.45, 7) is 2.87. The van der Waals surface area contributed by atoms with Crippen molar-refractivity contribution in [3.63, 3.8) is 0 Å². The molecule has 0 atom stereocenters. The first-order chi connectivity index (χ1) is 24.9. The van der Waals surface area contributed by atoms with Crippen LogP contribution in [0, 0.1) is 11.6 Å². The van der Waals surface area contributed by atoms with Gasteiger partial charge in [0.25, 0.3) is 5.91 Å². The molecule has 3 aromatic carbocycles. The van der Waals surface area contributed by atoms with E-state index in [1.807, 2.05) is 0 Å². The zero-order valence-corrected chi connectivity index (χ0v) is 28.7. The van der Waals surface area contributed by atoms with Gasteiger partial charge in [-0.15, -0.1) is 0 Å². The summed E-state index contributed by atoms with van der Waals surface area (Å²) in [6.07, 6.45) is 6.60. The van der Waals surface area contributed by atoms with Crippen molar-refractivity contribution in [2.75, 3.05) is 38.3 Å². The number of hydrogen-bond acceptors (Lipinski definition) is 9. The molecule has 0 spiro atoms. The van der Waals surface area contributed by atoms with Gasteiger partial charge < -0.3 is 30.2 Å². The van der Waals surface area contributed by atoms with E-state index in [-0.39, 0.29) is 29.8 Å². The standard InChI is InChI=1S/C38H39ClF2N6O4/c39-26-7-14-30-31(21-26)36(34-32(40)3-1-4-33(34)41)43-22-25-23-44-38(47-35(25)30)46-29-8-5-24(6-9-29)37(49)45-28-12-10-27(11-13-28)42-15-18-51-20-19-50-17-2-16-48/h1,3-9,14,16,21,23,27-28,42H,2,10-13,15,17-20,22H2,(H,45,49)(H,44,46,47). The number of aliphatic imine (C=N–C) groups is 1. The van der Waals surface area contributed by atoms with Crippen LogP contribution in [0.25, 0.3) is 11.3 Å². The Morgan fingerprint density at radius 2 is 1.63 bits per heavy atom. The van der Waals surface area contributed by atoms with Crippen LogP contribution in [0.4, 0.5) is 20.4 Å². The van der Waals surface area contributed by atoms with Crippen LogP contribution in [-0.4, -0.2) is 72.9 Å². The largest absolute Gasteiger partial charge is 0.379 e. The molecule has 0 bridgehead atoms. The van der Waals surface area contributed by atoms with E-state index in [2.05, 4.69) is 25.9 Å². The number of nitrogens with zero attached hydrogens (tertiary/aromatic N) is 3. The molecule has 1 saturated carbocycles. The topological polar surface area (TPSA) is 127 Å². The third kappa shape index (κ3) is 9.39. The number of hydrogen-bond donors (Lipinski definition) is 3. The molecule has 13 heteroatoms. The fraction of sp³-hybridized carbons (Fsp3) is 0.342. The molecule has 266 valence electrons. The van der Waals surface area contributed by atoms with Crippen LogP contribution in [0.15, 0.2) is 71.9 Å². The van der Waals surface area contributed by atoms with Crippen LogP contribution in [0.2, 0.25) is 5.02 Å². The summed E-state index contributed by atoms with van der Waals surface area (Å²) >= 11 is 6.33. The Morgan fingerprint density at radius 3 is 2.37 bits per heavy atom. The molecule has 0 unspecified atom stereocenters. The van der Waals surface area contributed by atoms with Gasteiger partial charge in [-0.2, -0.15) is 0 Å². The van der Waals surface area contributed by atoms with Gasteiger partial charge >= 0.3 is 0 Å². The SMILES string of the molecule is O=CCCOCCOCCNC1CCC(NC(=O)c2ccc(Nc3ncc4c(n3)-c3ccc(Cl)cc3C(c3c(F)cccc3F)=NC4)cc2)CC1. The number of carbonyl (C=O) groups excluding carboxylic acids is 2. The molecular formula is C38H39ClF2N6O4. The van der Waals surface area contributed by atoms with Crippen LogP contribution < -0.4 is 16.0 Å². The minimum atomic E-state index is -0.721.